The highest BCUT2D eigenvalue weighted by atomic mass is 32.2. The van der Waals surface area contributed by atoms with Crippen molar-refractivity contribution in [2.45, 2.75) is 0 Å². The van der Waals surface area contributed by atoms with Crippen molar-refractivity contribution in [1.29, 1.82) is 1.12 Å². The molecule has 3 nitrogen and oxygen atoms in total. The summed E-state index contributed by atoms with van der Waals surface area (Å²) in [6, 6.07) is 0. The van der Waals surface area contributed by atoms with Gasteiger partial charge in [-0.05, 0) is 0 Å². The quantitative estimate of drug-likeness (QED) is 0.434. The van der Waals surface area contributed by atoms with Crippen molar-refractivity contribution in [2.24, 2.45) is 0 Å². The molecule has 5 heavy (non-hydrogen) atoms. The van der Waals surface area contributed by atoms with Crippen LogP contribution in [0.5, 0.6) is 0 Å². The Morgan fingerprint density at radius 3 is 2.20 bits per heavy atom. The van der Waals surface area contributed by atoms with E-state index in [1.165, 1.54) is 0 Å². The van der Waals surface area contributed by atoms with Gasteiger partial charge in [0.2, 0.25) is 1.12 Å². The predicted molar refractivity (Wildman–Crippen MR) is 17.3 cm³/mol. The van der Waals surface area contributed by atoms with Crippen LogP contribution < -0.4 is 0 Å². The highest BCUT2D eigenvalue weighted by Crippen LogP contribution is 1.52. The SMILES string of the molecule is [2H]S(=O)(=O)OC. The molecule has 0 N–H and O–H groups in total. The predicted octanol–water partition coefficient (Wildman–Crippen LogP) is -0.841. The van der Waals surface area contributed by atoms with E-state index in [-0.39, 0.29) is 0 Å². The van der Waals surface area contributed by atoms with Crippen molar-refractivity contribution in [3.05, 3.63) is 0 Å². The van der Waals surface area contributed by atoms with Crippen molar-refractivity contribution in [2.75, 3.05) is 7.11 Å². The summed E-state index contributed by atoms with van der Waals surface area (Å²) in [5.41, 5.74) is 0. The minimum atomic E-state index is -3.91. The number of hydrogen-bond acceptors (Lipinski definition) is 3. The van der Waals surface area contributed by atoms with Gasteiger partial charge in [-0.15, -0.1) is 0 Å². The van der Waals surface area contributed by atoms with Crippen LogP contribution in [-0.4, -0.2) is 16.7 Å². The van der Waals surface area contributed by atoms with Gasteiger partial charge in [0.1, 0.15) is 0 Å². The fourth-order valence-electron chi connectivity index (χ4n) is 0. The molecule has 0 aromatic carbocycles. The maximum Gasteiger partial charge on any atom is 0.256 e. The second-order valence-electron chi connectivity index (χ2n) is 0.371. The molecule has 32 valence electrons. The summed E-state index contributed by atoms with van der Waals surface area (Å²) < 4.78 is 28.4. The van der Waals surface area contributed by atoms with Gasteiger partial charge in [-0.25, -0.2) is 8.42 Å². The molecule has 0 aliphatic heterocycles. The lowest BCUT2D eigenvalue weighted by molar-refractivity contribution is 0.418. The van der Waals surface area contributed by atoms with Crippen LogP contribution in [0.1, 0.15) is 0 Å². The Bertz CT molecular complexity index is 113. The van der Waals surface area contributed by atoms with Gasteiger partial charge >= 0.3 is 0 Å². The molecule has 0 aromatic rings. The van der Waals surface area contributed by atoms with E-state index in [1.807, 2.05) is 0 Å². The van der Waals surface area contributed by atoms with E-state index in [2.05, 4.69) is 4.18 Å². The minimum absolute atomic E-state index is 0.933. The third-order valence-corrected chi connectivity index (χ3v) is 0.408. The third kappa shape index (κ3) is 3.91. The Morgan fingerprint density at radius 1 is 2.00 bits per heavy atom. The highest BCUT2D eigenvalue weighted by Gasteiger charge is 1.61. The molecule has 0 aromatic heterocycles. The summed E-state index contributed by atoms with van der Waals surface area (Å²) in [5.74, 6) is 0. The maximum atomic E-state index is 9.44. The molecular weight excluding hydrogens is 92.1 g/mol. The highest BCUT2D eigenvalue weighted by molar-refractivity contribution is 7.67. The van der Waals surface area contributed by atoms with Crippen molar-refractivity contribution < 1.29 is 12.6 Å². The number of thiol groups is 1. The first-order valence-corrected chi connectivity index (χ1v) is 1.91. The molecule has 0 aliphatic rings. The average molecular weight is 97.1 g/mol. The fraction of sp³-hybridized carbons (Fsp3) is 1.00. The zero-order chi connectivity index (χ0) is 5.21. The van der Waals surface area contributed by atoms with E-state index in [1.54, 1.807) is 0 Å². The maximum absolute atomic E-state index is 9.44. The number of hydrogen-bond donors (Lipinski definition) is 1. The molecule has 0 amide bonds. The van der Waals surface area contributed by atoms with Gasteiger partial charge in [-0.1, -0.05) is 0 Å². The van der Waals surface area contributed by atoms with Crippen molar-refractivity contribution in [3.63, 3.8) is 0 Å². The Balaban J connectivity index is 3.85. The van der Waals surface area contributed by atoms with Gasteiger partial charge in [0, 0.05) is 0 Å². The Hall–Kier alpha value is -0.0900. The Labute approximate surface area is 32.8 Å². The minimum Gasteiger partial charge on any atom is -0.276 e. The molecule has 0 saturated carbocycles. The topological polar surface area (TPSA) is 43.4 Å². The second kappa shape index (κ2) is 2.17. The van der Waals surface area contributed by atoms with Crippen LogP contribution in [0.25, 0.3) is 0 Å². The summed E-state index contributed by atoms with van der Waals surface area (Å²) in [6.07, 6.45) is 0. The summed E-state index contributed by atoms with van der Waals surface area (Å²) in [5, 5.41) is 0. The largest absolute Gasteiger partial charge is 0.276 e. The summed E-state index contributed by atoms with van der Waals surface area (Å²) in [6.45, 7) is 0. The van der Waals surface area contributed by atoms with Crippen LogP contribution in [0.4, 0.5) is 0 Å². The summed E-state index contributed by atoms with van der Waals surface area (Å²) >= 11 is 0. The molecule has 0 aliphatic carbocycles. The first-order valence-electron chi connectivity index (χ1n) is 1.32. The zero-order valence-electron chi connectivity index (χ0n) is 3.63. The summed E-state index contributed by atoms with van der Waals surface area (Å²) in [7, 11) is -2.98. The van der Waals surface area contributed by atoms with Gasteiger partial charge in [0.15, 0.2) is 0 Å². The lowest BCUT2D eigenvalue weighted by Crippen LogP contribution is -1.72. The molecule has 0 rings (SSSR count). The van der Waals surface area contributed by atoms with E-state index in [9.17, 15) is 8.42 Å². The van der Waals surface area contributed by atoms with E-state index in [4.69, 9.17) is 1.12 Å². The van der Waals surface area contributed by atoms with Crippen molar-refractivity contribution in [3.8, 4) is 0 Å². The molecule has 0 unspecified atom stereocenters. The van der Waals surface area contributed by atoms with Crippen LogP contribution in [-0.2, 0) is 15.1 Å². The Morgan fingerprint density at radius 2 is 2.20 bits per heavy atom. The van der Waals surface area contributed by atoms with Gasteiger partial charge in [-0.2, -0.15) is 0 Å². The molecule has 0 spiro atoms. The normalized spacial score (nSPS) is 14.2. The summed E-state index contributed by atoms with van der Waals surface area (Å²) in [4.78, 5) is 0. The van der Waals surface area contributed by atoms with Crippen LogP contribution in [0.3, 0.4) is 0 Å². The molecule has 0 saturated heterocycles. The third-order valence-electron chi connectivity index (χ3n) is 0.136. The monoisotopic (exact) mass is 97.0 g/mol. The standard InChI is InChI=1S/CH4O3S/c1-4-5(2)3/h5H,1H3/i5D. The molecule has 0 fully saturated rings. The Kier molecular flexibility index (Phi) is 1.35. The van der Waals surface area contributed by atoms with Crippen LogP contribution in [0, 0.1) is 0 Å². The molecule has 0 radical (unpaired) electrons. The smallest absolute Gasteiger partial charge is 0.256 e. The lowest BCUT2D eigenvalue weighted by atomic mass is 11.8. The number of rotatable bonds is 1. The van der Waals surface area contributed by atoms with Gasteiger partial charge in [0.05, 0.1) is 7.11 Å². The van der Waals surface area contributed by atoms with E-state index >= 15 is 0 Å². The van der Waals surface area contributed by atoms with Crippen molar-refractivity contribution in [1.82, 2.24) is 0 Å². The first-order chi connectivity index (χ1) is 2.56. The van der Waals surface area contributed by atoms with Gasteiger partial charge in [-0.3, -0.25) is 4.18 Å². The lowest BCUT2D eigenvalue weighted by Gasteiger charge is -1.66. The zero-order valence-corrected chi connectivity index (χ0v) is 3.45. The van der Waals surface area contributed by atoms with E-state index in [0.717, 1.165) is 7.11 Å². The van der Waals surface area contributed by atoms with E-state index in [0.29, 0.717) is 0 Å². The van der Waals surface area contributed by atoms with Crippen LogP contribution >= 0.6 is 0 Å². The molecule has 0 heterocycles. The van der Waals surface area contributed by atoms with E-state index < -0.39 is 10.9 Å². The van der Waals surface area contributed by atoms with Crippen LogP contribution in [0.2, 0.25) is 0 Å². The molecule has 0 atom stereocenters. The van der Waals surface area contributed by atoms with Crippen LogP contribution in [0.15, 0.2) is 0 Å². The van der Waals surface area contributed by atoms with Gasteiger partial charge < -0.3 is 0 Å². The second-order valence-corrected chi connectivity index (χ2v) is 1.11. The molecular formula is CH4O3S. The molecule has 4 heteroatoms. The first kappa shape index (κ1) is 3.11. The fourth-order valence-corrected chi connectivity index (χ4v) is 0. The van der Waals surface area contributed by atoms with Crippen molar-refractivity contribution >= 4 is 10.9 Å². The molecule has 0 bridgehead atoms. The van der Waals surface area contributed by atoms with Gasteiger partial charge in [0.25, 0.3) is 10.9 Å². The average Bonchev–Trinajstić information content (AvgIpc) is 1.35.